The van der Waals surface area contributed by atoms with E-state index in [9.17, 15) is 4.79 Å². The van der Waals surface area contributed by atoms with Crippen molar-refractivity contribution in [2.24, 2.45) is 10.1 Å². The quantitative estimate of drug-likeness (QED) is 0.187. The van der Waals surface area contributed by atoms with E-state index in [2.05, 4.69) is 78.9 Å². The Balaban J connectivity index is 1.58. The van der Waals surface area contributed by atoms with Crippen molar-refractivity contribution in [1.29, 1.82) is 0 Å². The number of hydrogen-bond acceptors (Lipinski definition) is 6. The van der Waals surface area contributed by atoms with E-state index in [1.54, 1.807) is 17.4 Å². The van der Waals surface area contributed by atoms with Gasteiger partial charge in [-0.05, 0) is 64.4 Å². The maximum absolute atomic E-state index is 14.3. The summed E-state index contributed by atoms with van der Waals surface area (Å²) < 4.78 is 6.75. The number of carbonyl (C=O) groups excluding carboxylic acids is 1. The molecule has 0 atom stereocenters. The molecule has 0 fully saturated rings. The van der Waals surface area contributed by atoms with E-state index >= 15 is 0 Å². The second-order valence-electron chi connectivity index (χ2n) is 11.0. The monoisotopic (exact) mass is 585 g/mol. The number of aliphatic imine (C=N–C) groups is 1. The smallest absolute Gasteiger partial charge is 0.275 e. The Bertz CT molecular complexity index is 1690. The van der Waals surface area contributed by atoms with E-state index in [-0.39, 0.29) is 5.91 Å². The first-order valence-electron chi connectivity index (χ1n) is 15.5. The van der Waals surface area contributed by atoms with Crippen LogP contribution in [0, 0.1) is 6.92 Å². The second kappa shape index (κ2) is 12.0. The lowest BCUT2D eigenvalue weighted by molar-refractivity contribution is 0.0675. The van der Waals surface area contributed by atoms with Crippen LogP contribution in [0.4, 0.5) is 17.1 Å². The molecule has 44 heavy (non-hydrogen) atoms. The highest BCUT2D eigenvalue weighted by molar-refractivity contribution is 6.17. The molecule has 6 rings (SSSR count). The topological polar surface area (TPSA) is 60.7 Å². The molecule has 1 amide bonds. The van der Waals surface area contributed by atoms with Crippen molar-refractivity contribution in [3.8, 4) is 11.5 Å². The van der Waals surface area contributed by atoms with Crippen LogP contribution in [0.25, 0.3) is 0 Å². The molecule has 1 spiro atoms. The third-order valence-corrected chi connectivity index (χ3v) is 8.82. The molecule has 7 heteroatoms. The van der Waals surface area contributed by atoms with Crippen LogP contribution >= 0.6 is 0 Å². The Labute approximate surface area is 260 Å². The van der Waals surface area contributed by atoms with Gasteiger partial charge in [0.2, 0.25) is 0 Å². The minimum Gasteiger partial charge on any atom is -0.456 e. The maximum Gasteiger partial charge on any atom is 0.275 e. The summed E-state index contributed by atoms with van der Waals surface area (Å²) >= 11 is 0. The largest absolute Gasteiger partial charge is 0.456 e. The molecular formula is C37H39N5O2. The number of aryl methyl sites for hydroxylation is 1. The molecule has 0 aromatic heterocycles. The number of carbonyl (C=O) groups is 1. The van der Waals surface area contributed by atoms with Crippen molar-refractivity contribution in [2.45, 2.75) is 40.2 Å². The Morgan fingerprint density at radius 2 is 1.30 bits per heavy atom. The fraction of sp³-hybridized carbons (Fsp3) is 0.270. The van der Waals surface area contributed by atoms with E-state index < -0.39 is 5.54 Å². The van der Waals surface area contributed by atoms with Gasteiger partial charge in [0, 0.05) is 78.2 Å². The predicted molar refractivity (Wildman–Crippen MR) is 180 cm³/mol. The van der Waals surface area contributed by atoms with Gasteiger partial charge in [0.05, 0.1) is 11.9 Å². The predicted octanol–water partition coefficient (Wildman–Crippen LogP) is 7.93. The molecule has 2 aliphatic rings. The van der Waals surface area contributed by atoms with Gasteiger partial charge < -0.3 is 14.5 Å². The lowest BCUT2D eigenvalue weighted by atomic mass is 9.75. The van der Waals surface area contributed by atoms with Crippen LogP contribution in [0.1, 0.15) is 60.3 Å². The Morgan fingerprint density at radius 3 is 1.89 bits per heavy atom. The number of fused-ring (bicyclic) bond motifs is 6. The molecule has 0 aliphatic carbocycles. The van der Waals surface area contributed by atoms with Gasteiger partial charge >= 0.3 is 0 Å². The molecule has 0 bridgehead atoms. The van der Waals surface area contributed by atoms with Crippen LogP contribution in [0.15, 0.2) is 95.0 Å². The SMILES string of the molecule is CCN(CC)c1ccc2c(c1)Oc1cc(N(CC)CC)ccc1C21c2ccccc2C(=O)N1N=CC=Nc1ccccc1C. The van der Waals surface area contributed by atoms with Gasteiger partial charge in [0.15, 0.2) is 0 Å². The average molecular weight is 586 g/mol. The van der Waals surface area contributed by atoms with E-state index in [1.165, 1.54) is 0 Å². The fourth-order valence-corrected chi connectivity index (χ4v) is 6.56. The van der Waals surface area contributed by atoms with Crippen LogP contribution < -0.4 is 14.5 Å². The lowest BCUT2D eigenvalue weighted by Gasteiger charge is -2.42. The van der Waals surface area contributed by atoms with Crippen LogP contribution in [0.3, 0.4) is 0 Å². The Morgan fingerprint density at radius 1 is 0.727 bits per heavy atom. The zero-order valence-electron chi connectivity index (χ0n) is 26.1. The number of hydrogen-bond donors (Lipinski definition) is 0. The van der Waals surface area contributed by atoms with E-state index in [1.807, 2.05) is 55.5 Å². The van der Waals surface area contributed by atoms with E-state index in [0.717, 1.165) is 77.0 Å². The summed E-state index contributed by atoms with van der Waals surface area (Å²) in [5.74, 6) is 1.27. The number of hydrazone groups is 1. The molecule has 224 valence electrons. The summed E-state index contributed by atoms with van der Waals surface area (Å²) in [6.45, 7) is 14.1. The summed E-state index contributed by atoms with van der Waals surface area (Å²) in [7, 11) is 0. The molecule has 0 N–H and O–H groups in total. The van der Waals surface area contributed by atoms with Gasteiger partial charge in [0.25, 0.3) is 5.91 Å². The third-order valence-electron chi connectivity index (χ3n) is 8.82. The maximum atomic E-state index is 14.3. The highest BCUT2D eigenvalue weighted by Crippen LogP contribution is 2.58. The first-order chi connectivity index (χ1) is 21.5. The normalized spacial score (nSPS) is 14.6. The Hall–Kier alpha value is -4.91. The number of amides is 1. The standard InChI is InChI=1S/C37H39N5O2/c1-6-40(7-2)27-18-20-31-34(24-27)44-35-25-28(41(8-3)9-4)19-21-32(35)37(31)30-16-12-11-15-29(30)36(43)42(37)39-23-22-38-33-17-13-10-14-26(33)5/h10-25H,6-9H2,1-5H3. The van der Waals surface area contributed by atoms with Crippen molar-refractivity contribution in [1.82, 2.24) is 5.01 Å². The zero-order valence-corrected chi connectivity index (χ0v) is 26.1. The number of benzene rings is 4. The zero-order chi connectivity index (χ0) is 30.8. The van der Waals surface area contributed by atoms with E-state index in [4.69, 9.17) is 9.84 Å². The van der Waals surface area contributed by atoms with Gasteiger partial charge in [-0.25, -0.2) is 5.01 Å². The van der Waals surface area contributed by atoms with Crippen molar-refractivity contribution < 1.29 is 9.53 Å². The molecule has 4 aromatic carbocycles. The number of rotatable bonds is 9. The molecule has 2 aliphatic heterocycles. The molecular weight excluding hydrogens is 546 g/mol. The summed E-state index contributed by atoms with van der Waals surface area (Å²) in [5.41, 5.74) is 6.32. The molecule has 7 nitrogen and oxygen atoms in total. The first kappa shape index (κ1) is 29.2. The van der Waals surface area contributed by atoms with Crippen molar-refractivity contribution in [2.75, 3.05) is 36.0 Å². The van der Waals surface area contributed by atoms with Crippen molar-refractivity contribution >= 4 is 35.4 Å². The van der Waals surface area contributed by atoms with E-state index in [0.29, 0.717) is 5.56 Å². The Kier molecular flexibility index (Phi) is 7.95. The van der Waals surface area contributed by atoms with Crippen molar-refractivity contribution in [3.63, 3.8) is 0 Å². The summed E-state index contributed by atoms with van der Waals surface area (Å²) in [6.07, 6.45) is 3.27. The molecule has 2 heterocycles. The number of ether oxygens (including phenoxy) is 1. The second-order valence-corrected chi connectivity index (χ2v) is 11.0. The first-order valence-corrected chi connectivity index (χ1v) is 15.5. The average Bonchev–Trinajstić information content (AvgIpc) is 3.29. The van der Waals surface area contributed by atoms with Gasteiger partial charge in [-0.2, -0.15) is 5.10 Å². The molecule has 0 unspecified atom stereocenters. The summed E-state index contributed by atoms with van der Waals surface area (Å²) in [6, 6.07) is 28.4. The molecule has 0 radical (unpaired) electrons. The third kappa shape index (κ3) is 4.64. The number of nitrogens with zero attached hydrogens (tertiary/aromatic N) is 5. The van der Waals surface area contributed by atoms with Crippen LogP contribution in [-0.4, -0.2) is 49.5 Å². The minimum atomic E-state index is -1.02. The van der Waals surface area contributed by atoms with Gasteiger partial charge in [-0.3, -0.25) is 9.79 Å². The highest BCUT2D eigenvalue weighted by atomic mass is 16.5. The molecule has 4 aromatic rings. The van der Waals surface area contributed by atoms with Crippen molar-refractivity contribution in [3.05, 3.63) is 113 Å². The number of anilines is 2. The summed E-state index contributed by atoms with van der Waals surface area (Å²) in [5, 5.41) is 6.47. The van der Waals surface area contributed by atoms with Crippen LogP contribution in [-0.2, 0) is 5.54 Å². The van der Waals surface area contributed by atoms with Gasteiger partial charge in [0.1, 0.15) is 17.0 Å². The number of para-hydroxylation sites is 1. The fourth-order valence-electron chi connectivity index (χ4n) is 6.56. The van der Waals surface area contributed by atoms with Crippen LogP contribution in [0.5, 0.6) is 11.5 Å². The lowest BCUT2D eigenvalue weighted by Crippen LogP contribution is -2.44. The highest BCUT2D eigenvalue weighted by Gasteiger charge is 2.57. The van der Waals surface area contributed by atoms with Gasteiger partial charge in [-0.15, -0.1) is 0 Å². The van der Waals surface area contributed by atoms with Gasteiger partial charge in [-0.1, -0.05) is 48.5 Å². The summed E-state index contributed by atoms with van der Waals surface area (Å²) in [4.78, 5) is 23.5. The molecule has 0 saturated heterocycles. The minimum absolute atomic E-state index is 0.166. The molecule has 0 saturated carbocycles. The van der Waals surface area contributed by atoms with Crippen LogP contribution in [0.2, 0.25) is 0 Å².